The molecule has 0 saturated carbocycles. The summed E-state index contributed by atoms with van der Waals surface area (Å²) in [4.78, 5) is 0. The first-order chi connectivity index (χ1) is 15.5. The Balaban J connectivity index is 1.69. The third-order valence-electron chi connectivity index (χ3n) is 7.04. The minimum atomic E-state index is -3.41. The van der Waals surface area contributed by atoms with E-state index >= 15 is 0 Å². The molecule has 3 heterocycles. The minimum Gasteiger partial charge on any atom is -0.348 e. The molecular weight excluding hydrogens is 418 g/mol. The van der Waals surface area contributed by atoms with E-state index in [4.69, 9.17) is 4.74 Å². The number of hydrogen-bond acceptors (Lipinski definition) is 3. The third kappa shape index (κ3) is 2.43. The van der Waals surface area contributed by atoms with Crippen molar-refractivity contribution in [3.63, 3.8) is 0 Å². The van der Waals surface area contributed by atoms with E-state index in [1.165, 1.54) is 10.6 Å². The molecule has 0 unspecified atom stereocenters. The van der Waals surface area contributed by atoms with E-state index in [0.717, 1.165) is 22.3 Å². The van der Waals surface area contributed by atoms with Crippen LogP contribution in [0.4, 0.5) is 0 Å². The van der Waals surface area contributed by atoms with Crippen LogP contribution in [0.5, 0.6) is 0 Å². The highest BCUT2D eigenvalue weighted by molar-refractivity contribution is 7.88. The molecule has 0 aromatic heterocycles. The molecule has 32 heavy (non-hydrogen) atoms. The van der Waals surface area contributed by atoms with Gasteiger partial charge in [-0.25, -0.2) is 8.42 Å². The van der Waals surface area contributed by atoms with Crippen molar-refractivity contribution < 1.29 is 13.2 Å². The zero-order valence-corrected chi connectivity index (χ0v) is 18.4. The number of nitrogens with zero attached hydrogens (tertiary/aromatic N) is 1. The summed E-state index contributed by atoms with van der Waals surface area (Å²) >= 11 is 0. The van der Waals surface area contributed by atoms with Gasteiger partial charge in [-0.3, -0.25) is 4.31 Å². The SMILES string of the molecule is CS(=O)(=O)N1C=C[C@H]2[C@H](C=C1)[C@@]1(c3ccccc3)O[C@@]2(c2ccccc2)c2ccccc21. The second kappa shape index (κ2) is 6.67. The van der Waals surface area contributed by atoms with Gasteiger partial charge in [0, 0.05) is 24.2 Å². The van der Waals surface area contributed by atoms with Crippen molar-refractivity contribution in [1.82, 2.24) is 4.31 Å². The van der Waals surface area contributed by atoms with Crippen LogP contribution in [0.15, 0.2) is 109 Å². The molecule has 4 nitrogen and oxygen atoms in total. The van der Waals surface area contributed by atoms with E-state index in [9.17, 15) is 8.42 Å². The Bertz CT molecular complexity index is 1260. The first kappa shape index (κ1) is 19.5. The van der Waals surface area contributed by atoms with Gasteiger partial charge in [0.2, 0.25) is 10.0 Å². The van der Waals surface area contributed by atoms with Gasteiger partial charge in [-0.2, -0.15) is 0 Å². The summed E-state index contributed by atoms with van der Waals surface area (Å²) in [5.41, 5.74) is 3.00. The Labute approximate surface area is 188 Å². The Morgan fingerprint density at radius 2 is 1.09 bits per heavy atom. The molecule has 3 aliphatic rings. The number of hydrogen-bond donors (Lipinski definition) is 0. The van der Waals surface area contributed by atoms with E-state index in [1.54, 1.807) is 12.4 Å². The van der Waals surface area contributed by atoms with Crippen molar-refractivity contribution in [3.05, 3.63) is 132 Å². The molecule has 0 aliphatic carbocycles. The first-order valence-corrected chi connectivity index (χ1v) is 12.6. The van der Waals surface area contributed by atoms with Gasteiger partial charge in [0.1, 0.15) is 11.2 Å². The maximum absolute atomic E-state index is 12.3. The molecule has 0 radical (unpaired) electrons. The van der Waals surface area contributed by atoms with Gasteiger partial charge in [0.05, 0.1) is 6.26 Å². The summed E-state index contributed by atoms with van der Waals surface area (Å²) in [5.74, 6) is -0.161. The van der Waals surface area contributed by atoms with Gasteiger partial charge in [0.25, 0.3) is 0 Å². The number of benzene rings is 3. The Morgan fingerprint density at radius 1 is 0.688 bits per heavy atom. The molecule has 6 rings (SSSR count). The van der Waals surface area contributed by atoms with Crippen LogP contribution in [0.25, 0.3) is 0 Å². The maximum atomic E-state index is 12.3. The zero-order chi connectivity index (χ0) is 22.0. The van der Waals surface area contributed by atoms with Crippen LogP contribution >= 0.6 is 0 Å². The van der Waals surface area contributed by atoms with Crippen molar-refractivity contribution in [2.24, 2.45) is 11.8 Å². The first-order valence-electron chi connectivity index (χ1n) is 10.7. The lowest BCUT2D eigenvalue weighted by Crippen LogP contribution is -2.38. The van der Waals surface area contributed by atoms with Crippen molar-refractivity contribution in [3.8, 4) is 0 Å². The summed E-state index contributed by atoms with van der Waals surface area (Å²) in [6.45, 7) is 0. The summed E-state index contributed by atoms with van der Waals surface area (Å²) in [6, 6.07) is 29.0. The van der Waals surface area contributed by atoms with Gasteiger partial charge in [-0.1, -0.05) is 97.1 Å². The van der Waals surface area contributed by atoms with Crippen LogP contribution in [0.3, 0.4) is 0 Å². The van der Waals surface area contributed by atoms with Gasteiger partial charge >= 0.3 is 0 Å². The van der Waals surface area contributed by atoms with E-state index < -0.39 is 21.2 Å². The average molecular weight is 442 g/mol. The van der Waals surface area contributed by atoms with Crippen molar-refractivity contribution in [1.29, 1.82) is 0 Å². The zero-order valence-electron chi connectivity index (χ0n) is 17.6. The molecule has 3 aliphatic heterocycles. The normalized spacial score (nSPS) is 30.1. The summed E-state index contributed by atoms with van der Waals surface area (Å²) < 4.78 is 33.2. The lowest BCUT2D eigenvalue weighted by Gasteiger charge is -2.38. The van der Waals surface area contributed by atoms with Crippen LogP contribution in [0.1, 0.15) is 22.3 Å². The molecule has 2 bridgehead atoms. The number of fused-ring (bicyclic) bond motifs is 8. The molecule has 3 aromatic carbocycles. The molecule has 160 valence electrons. The quantitative estimate of drug-likeness (QED) is 0.589. The van der Waals surface area contributed by atoms with Gasteiger partial charge in [-0.15, -0.1) is 0 Å². The fourth-order valence-corrected chi connectivity index (χ4v) is 6.40. The van der Waals surface area contributed by atoms with Crippen molar-refractivity contribution in [2.45, 2.75) is 11.2 Å². The van der Waals surface area contributed by atoms with E-state index in [-0.39, 0.29) is 11.8 Å². The smallest absolute Gasteiger partial charge is 0.235 e. The molecule has 0 amide bonds. The lowest BCUT2D eigenvalue weighted by molar-refractivity contribution is -0.0519. The number of sulfonamides is 1. The third-order valence-corrected chi connectivity index (χ3v) is 8.05. The van der Waals surface area contributed by atoms with E-state index in [2.05, 4.69) is 48.5 Å². The van der Waals surface area contributed by atoms with Gasteiger partial charge < -0.3 is 4.74 Å². The number of ether oxygens (including phenoxy) is 1. The predicted octanol–water partition coefficient (Wildman–Crippen LogP) is 4.75. The monoisotopic (exact) mass is 441 g/mol. The van der Waals surface area contributed by atoms with Crippen molar-refractivity contribution >= 4 is 10.0 Å². The molecule has 1 saturated heterocycles. The molecule has 0 spiro atoms. The Kier molecular flexibility index (Phi) is 4.07. The second-order valence-electron chi connectivity index (χ2n) is 8.68. The minimum absolute atomic E-state index is 0.0805. The van der Waals surface area contributed by atoms with E-state index in [0.29, 0.717) is 0 Å². The molecule has 3 aromatic rings. The maximum Gasteiger partial charge on any atom is 0.235 e. The Hall–Kier alpha value is -3.15. The molecular formula is C27H23NO3S. The Morgan fingerprint density at radius 3 is 1.50 bits per heavy atom. The topological polar surface area (TPSA) is 46.6 Å². The lowest BCUT2D eigenvalue weighted by atomic mass is 9.60. The van der Waals surface area contributed by atoms with Crippen LogP contribution in [0.2, 0.25) is 0 Å². The fraction of sp³-hybridized carbons (Fsp3) is 0.185. The van der Waals surface area contributed by atoms with Crippen LogP contribution in [-0.4, -0.2) is 19.0 Å². The average Bonchev–Trinajstić information content (AvgIpc) is 3.16. The highest BCUT2D eigenvalue weighted by atomic mass is 32.2. The summed E-state index contributed by atoms with van der Waals surface area (Å²) in [6.07, 6.45) is 8.60. The largest absolute Gasteiger partial charge is 0.348 e. The van der Waals surface area contributed by atoms with Crippen LogP contribution < -0.4 is 0 Å². The molecule has 0 N–H and O–H groups in total. The fourth-order valence-electron chi connectivity index (χ4n) is 5.82. The standard InChI is InChI=1S/C27H23NO3S/c1-32(29,30)28-18-16-24-25(17-19-28)27(21-12-6-3-7-13-21)23-15-9-8-14-22(23)26(24,31-27)20-10-4-2-5-11-20/h2-19,24-25H,1H3/t24-,25-,26-,27-/m0/s1. The highest BCUT2D eigenvalue weighted by Crippen LogP contribution is 2.69. The van der Waals surface area contributed by atoms with Crippen LogP contribution in [-0.2, 0) is 26.0 Å². The van der Waals surface area contributed by atoms with Crippen molar-refractivity contribution in [2.75, 3.05) is 6.26 Å². The molecule has 4 atom stereocenters. The van der Waals surface area contributed by atoms with E-state index in [1.807, 2.05) is 48.6 Å². The summed E-state index contributed by atoms with van der Waals surface area (Å²) in [5, 5.41) is 0. The molecule has 1 fully saturated rings. The van der Waals surface area contributed by atoms with Gasteiger partial charge in [0.15, 0.2) is 0 Å². The number of rotatable bonds is 3. The summed E-state index contributed by atoms with van der Waals surface area (Å²) in [7, 11) is -3.41. The second-order valence-corrected chi connectivity index (χ2v) is 10.6. The molecule has 5 heteroatoms. The van der Waals surface area contributed by atoms with Crippen LogP contribution in [0, 0.1) is 11.8 Å². The predicted molar refractivity (Wildman–Crippen MR) is 124 cm³/mol. The van der Waals surface area contributed by atoms with Gasteiger partial charge in [-0.05, 0) is 22.3 Å². The highest BCUT2D eigenvalue weighted by Gasteiger charge is 2.69.